The molecule has 0 fully saturated rings. The van der Waals surface area contributed by atoms with Gasteiger partial charge in [-0.15, -0.1) is 0 Å². The van der Waals surface area contributed by atoms with Crippen LogP contribution in [0.5, 0.6) is 0 Å². The number of hydrogen-bond acceptors (Lipinski definition) is 5. The molecule has 0 spiro atoms. The number of benzene rings is 1. The Hall–Kier alpha value is -3.03. The highest BCUT2D eigenvalue weighted by atomic mass is 16.2. The summed E-state index contributed by atoms with van der Waals surface area (Å²) in [6.45, 7) is 4.53. The molecule has 1 aliphatic heterocycles. The van der Waals surface area contributed by atoms with Crippen LogP contribution >= 0.6 is 0 Å². The number of rotatable bonds is 4. The number of carbonyl (C=O) groups is 1. The van der Waals surface area contributed by atoms with Crippen molar-refractivity contribution < 1.29 is 4.79 Å². The molecule has 2 heterocycles. The Balaban J connectivity index is 1.77. The molecule has 3 rings (SSSR count). The Kier molecular flexibility index (Phi) is 4.58. The number of anilines is 3. The van der Waals surface area contributed by atoms with Crippen molar-refractivity contribution in [2.24, 2.45) is 14.1 Å². The van der Waals surface area contributed by atoms with E-state index < -0.39 is 11.2 Å². The van der Waals surface area contributed by atoms with Gasteiger partial charge in [0.1, 0.15) is 11.5 Å². The molecule has 0 saturated carbocycles. The first kappa shape index (κ1) is 17.8. The molecular weight excluding hydrogens is 334 g/mol. The normalized spacial score (nSPS) is 12.9. The molecule has 1 aromatic carbocycles. The molecule has 0 atom stereocenters. The van der Waals surface area contributed by atoms with E-state index in [9.17, 15) is 14.4 Å². The maximum absolute atomic E-state index is 12.4. The number of carbonyl (C=O) groups excluding carboxylic acids is 1. The Labute approximate surface area is 151 Å². The molecule has 1 aromatic heterocycles. The topological polar surface area (TPSA) is 88.4 Å². The first-order chi connectivity index (χ1) is 12.3. The molecule has 2 N–H and O–H groups in total. The van der Waals surface area contributed by atoms with Crippen LogP contribution in [0, 0.1) is 0 Å². The highest BCUT2D eigenvalue weighted by molar-refractivity contribution is 5.95. The van der Waals surface area contributed by atoms with Crippen molar-refractivity contribution in [1.29, 1.82) is 0 Å². The molecule has 2 aromatic rings. The summed E-state index contributed by atoms with van der Waals surface area (Å²) in [5.74, 6) is 0.634. The third kappa shape index (κ3) is 3.10. The highest BCUT2D eigenvalue weighted by Crippen LogP contribution is 2.25. The molecule has 0 bridgehead atoms. The van der Waals surface area contributed by atoms with Crippen LogP contribution in [0.1, 0.15) is 25.3 Å². The zero-order chi connectivity index (χ0) is 19.0. The minimum atomic E-state index is -0.415. The van der Waals surface area contributed by atoms with Crippen molar-refractivity contribution in [3.63, 3.8) is 0 Å². The molecule has 8 nitrogen and oxygen atoms in total. The summed E-state index contributed by atoms with van der Waals surface area (Å²) in [5, 5.41) is 5.85. The van der Waals surface area contributed by atoms with Gasteiger partial charge in [-0.25, -0.2) is 4.79 Å². The summed E-state index contributed by atoms with van der Waals surface area (Å²) in [7, 11) is 3.02. The average Bonchev–Trinajstić information content (AvgIpc) is 3.02. The van der Waals surface area contributed by atoms with E-state index in [0.717, 1.165) is 4.57 Å². The van der Waals surface area contributed by atoms with Crippen LogP contribution in [-0.2, 0) is 18.9 Å². The van der Waals surface area contributed by atoms with Crippen LogP contribution < -0.4 is 26.8 Å². The van der Waals surface area contributed by atoms with Gasteiger partial charge in [0.15, 0.2) is 0 Å². The lowest BCUT2D eigenvalue weighted by Gasteiger charge is -2.17. The average molecular weight is 357 g/mol. The van der Waals surface area contributed by atoms with Crippen molar-refractivity contribution in [1.82, 2.24) is 9.13 Å². The van der Waals surface area contributed by atoms with Crippen LogP contribution in [0.15, 0.2) is 33.9 Å². The predicted molar refractivity (Wildman–Crippen MR) is 102 cm³/mol. The van der Waals surface area contributed by atoms with Crippen molar-refractivity contribution >= 4 is 23.1 Å². The Bertz CT molecular complexity index is 957. The number of hydrogen-bond donors (Lipinski definition) is 2. The van der Waals surface area contributed by atoms with Gasteiger partial charge in [-0.05, 0) is 23.6 Å². The van der Waals surface area contributed by atoms with E-state index in [1.54, 1.807) is 11.9 Å². The van der Waals surface area contributed by atoms with Crippen molar-refractivity contribution in [2.45, 2.75) is 19.8 Å². The highest BCUT2D eigenvalue weighted by Gasteiger charge is 2.28. The summed E-state index contributed by atoms with van der Waals surface area (Å²) in [4.78, 5) is 38.4. The first-order valence-electron chi connectivity index (χ1n) is 8.48. The molecule has 0 radical (unpaired) electrons. The molecule has 1 aliphatic rings. The van der Waals surface area contributed by atoms with Crippen molar-refractivity contribution in [2.75, 3.05) is 28.7 Å². The number of amides is 1. The third-order valence-electron chi connectivity index (χ3n) is 4.59. The van der Waals surface area contributed by atoms with E-state index >= 15 is 0 Å². The van der Waals surface area contributed by atoms with E-state index in [-0.39, 0.29) is 12.5 Å². The minimum absolute atomic E-state index is 0.0133. The lowest BCUT2D eigenvalue weighted by atomic mass is 10.0. The van der Waals surface area contributed by atoms with Gasteiger partial charge >= 0.3 is 5.69 Å². The molecular formula is C18H23N5O3. The minimum Gasteiger partial charge on any atom is -0.352 e. The van der Waals surface area contributed by atoms with Crippen molar-refractivity contribution in [3.8, 4) is 0 Å². The second-order valence-corrected chi connectivity index (χ2v) is 6.76. The van der Waals surface area contributed by atoms with Gasteiger partial charge < -0.3 is 15.5 Å². The fourth-order valence-corrected chi connectivity index (χ4v) is 3.02. The fraction of sp³-hybridized carbons (Fsp3) is 0.389. The summed E-state index contributed by atoms with van der Waals surface area (Å²) in [5.41, 5.74) is 1.42. The smallest absolute Gasteiger partial charge is 0.332 e. The molecule has 0 unspecified atom stereocenters. The van der Waals surface area contributed by atoms with Crippen LogP contribution in [0.2, 0.25) is 0 Å². The van der Waals surface area contributed by atoms with Gasteiger partial charge in [0.05, 0.1) is 13.2 Å². The van der Waals surface area contributed by atoms with Gasteiger partial charge in [0.25, 0.3) is 5.56 Å². The Morgan fingerprint density at radius 2 is 1.81 bits per heavy atom. The van der Waals surface area contributed by atoms with Gasteiger partial charge in [-0.2, -0.15) is 0 Å². The zero-order valence-electron chi connectivity index (χ0n) is 15.4. The molecule has 1 amide bonds. The zero-order valence-corrected chi connectivity index (χ0v) is 15.4. The van der Waals surface area contributed by atoms with Crippen LogP contribution in [-0.4, -0.2) is 28.3 Å². The lowest BCUT2D eigenvalue weighted by molar-refractivity contribution is -0.114. The van der Waals surface area contributed by atoms with E-state index in [1.165, 1.54) is 17.2 Å². The maximum atomic E-state index is 12.4. The monoisotopic (exact) mass is 357 g/mol. The summed E-state index contributed by atoms with van der Waals surface area (Å²) in [6.07, 6.45) is 0. The summed E-state index contributed by atoms with van der Waals surface area (Å²) < 4.78 is 2.42. The molecule has 138 valence electrons. The van der Waals surface area contributed by atoms with Crippen LogP contribution in [0.3, 0.4) is 0 Å². The van der Waals surface area contributed by atoms with E-state index in [4.69, 9.17) is 0 Å². The SMILES string of the molecule is CC(C)c1ccc(NC(=O)CN2CNc3c2c(=O)n(C)c(=O)n3C)cc1. The number of fused-ring (bicyclic) bond motifs is 1. The Morgan fingerprint density at radius 1 is 1.15 bits per heavy atom. The Morgan fingerprint density at radius 3 is 2.42 bits per heavy atom. The predicted octanol–water partition coefficient (Wildman–Crippen LogP) is 1.04. The van der Waals surface area contributed by atoms with Crippen molar-refractivity contribution in [3.05, 3.63) is 50.7 Å². The van der Waals surface area contributed by atoms with E-state index in [1.807, 2.05) is 24.3 Å². The summed E-state index contributed by atoms with van der Waals surface area (Å²) >= 11 is 0. The van der Waals surface area contributed by atoms with Gasteiger partial charge in [0, 0.05) is 19.8 Å². The summed E-state index contributed by atoms with van der Waals surface area (Å²) in [6, 6.07) is 7.70. The molecule has 8 heteroatoms. The quantitative estimate of drug-likeness (QED) is 0.853. The number of aromatic nitrogens is 2. The van der Waals surface area contributed by atoms with Gasteiger partial charge in [-0.1, -0.05) is 26.0 Å². The van der Waals surface area contributed by atoms with Crippen LogP contribution in [0.25, 0.3) is 0 Å². The lowest BCUT2D eigenvalue weighted by Crippen LogP contribution is -2.40. The second kappa shape index (κ2) is 6.70. The van der Waals surface area contributed by atoms with E-state index in [2.05, 4.69) is 24.5 Å². The molecule has 26 heavy (non-hydrogen) atoms. The largest absolute Gasteiger partial charge is 0.352 e. The second-order valence-electron chi connectivity index (χ2n) is 6.76. The number of nitrogens with one attached hydrogen (secondary N) is 2. The van der Waals surface area contributed by atoms with Crippen LogP contribution in [0.4, 0.5) is 17.2 Å². The molecule has 0 saturated heterocycles. The van der Waals surface area contributed by atoms with Gasteiger partial charge in [-0.3, -0.25) is 18.7 Å². The fourth-order valence-electron chi connectivity index (χ4n) is 3.02. The standard InChI is InChI=1S/C18H23N5O3/c1-11(2)12-5-7-13(8-6-12)20-14(24)9-23-10-19-16-15(23)17(25)22(4)18(26)21(16)3/h5-8,11,19H,9-10H2,1-4H3,(H,20,24). The molecule has 0 aliphatic carbocycles. The third-order valence-corrected chi connectivity index (χ3v) is 4.59. The van der Waals surface area contributed by atoms with E-state index in [0.29, 0.717) is 29.8 Å². The van der Waals surface area contributed by atoms with Gasteiger partial charge in [0.2, 0.25) is 5.91 Å². The number of nitrogens with zero attached hydrogens (tertiary/aromatic N) is 3. The first-order valence-corrected chi connectivity index (χ1v) is 8.48. The maximum Gasteiger partial charge on any atom is 0.332 e.